The molecule has 1 aliphatic rings. The maximum atomic E-state index is 12.6. The lowest BCUT2D eigenvalue weighted by Crippen LogP contribution is -2.40. The van der Waals surface area contributed by atoms with Crippen molar-refractivity contribution in [1.82, 2.24) is 15.3 Å². The molecule has 28 heavy (non-hydrogen) atoms. The zero-order valence-electron chi connectivity index (χ0n) is 17.5. The monoisotopic (exact) mass is 381 g/mol. The maximum absolute atomic E-state index is 12.6. The van der Waals surface area contributed by atoms with Crippen LogP contribution in [-0.2, 0) is 0 Å². The number of nitrogens with zero attached hydrogens (tertiary/aromatic N) is 3. The van der Waals surface area contributed by atoms with Gasteiger partial charge in [-0.3, -0.25) is 4.79 Å². The predicted octanol–water partition coefficient (Wildman–Crippen LogP) is 3.62. The van der Waals surface area contributed by atoms with Crippen molar-refractivity contribution < 1.29 is 4.79 Å². The van der Waals surface area contributed by atoms with Gasteiger partial charge < -0.3 is 15.5 Å². The third kappa shape index (κ3) is 5.00. The average molecular weight is 382 g/mol. The Bertz CT molecular complexity index is 821. The van der Waals surface area contributed by atoms with E-state index in [1.807, 2.05) is 58.1 Å². The van der Waals surface area contributed by atoms with Gasteiger partial charge in [-0.25, -0.2) is 4.98 Å². The van der Waals surface area contributed by atoms with Gasteiger partial charge in [-0.1, -0.05) is 17.2 Å². The third-order valence-electron chi connectivity index (χ3n) is 5.25. The molecule has 2 aromatic rings. The minimum absolute atomic E-state index is 0.0284. The first kappa shape index (κ1) is 20.1. The molecule has 3 rings (SSSR count). The van der Waals surface area contributed by atoms with E-state index >= 15 is 0 Å². The Kier molecular flexibility index (Phi) is 6.17. The summed E-state index contributed by atoms with van der Waals surface area (Å²) in [5.41, 5.74) is 4.05. The minimum Gasteiger partial charge on any atom is -0.362 e. The van der Waals surface area contributed by atoms with Gasteiger partial charge >= 0.3 is 0 Å². The van der Waals surface area contributed by atoms with Gasteiger partial charge in [-0.2, -0.15) is 4.98 Å². The lowest BCUT2D eigenvalue weighted by atomic mass is 9.91. The molecule has 0 unspecified atom stereocenters. The minimum atomic E-state index is 0.0284. The van der Waals surface area contributed by atoms with Crippen molar-refractivity contribution in [2.45, 2.75) is 58.5 Å². The van der Waals surface area contributed by atoms with E-state index in [-0.39, 0.29) is 11.9 Å². The molecule has 1 aromatic carbocycles. The molecular weight excluding hydrogens is 350 g/mol. The normalized spacial score (nSPS) is 19.2. The summed E-state index contributed by atoms with van der Waals surface area (Å²) in [4.78, 5) is 23.6. The van der Waals surface area contributed by atoms with Crippen LogP contribution in [0.15, 0.2) is 24.4 Å². The Hall–Kier alpha value is -2.63. The van der Waals surface area contributed by atoms with Gasteiger partial charge in [-0.05, 0) is 58.6 Å². The molecule has 0 bridgehead atoms. The largest absolute Gasteiger partial charge is 0.362 e. The molecule has 1 heterocycles. The van der Waals surface area contributed by atoms with Crippen LogP contribution in [0.5, 0.6) is 0 Å². The fourth-order valence-electron chi connectivity index (χ4n) is 3.89. The number of benzene rings is 1. The van der Waals surface area contributed by atoms with Crippen molar-refractivity contribution in [3.8, 4) is 0 Å². The highest BCUT2D eigenvalue weighted by molar-refractivity contribution is 5.94. The van der Waals surface area contributed by atoms with Crippen LogP contribution >= 0.6 is 0 Å². The first-order chi connectivity index (χ1) is 13.3. The van der Waals surface area contributed by atoms with Gasteiger partial charge in [0.15, 0.2) is 0 Å². The molecule has 0 aliphatic heterocycles. The number of hydrogen-bond acceptors (Lipinski definition) is 5. The summed E-state index contributed by atoms with van der Waals surface area (Å²) < 4.78 is 0. The molecule has 0 spiro atoms. The summed E-state index contributed by atoms with van der Waals surface area (Å²) >= 11 is 0. The molecule has 6 nitrogen and oxygen atoms in total. The fourth-order valence-corrected chi connectivity index (χ4v) is 3.89. The smallest absolute Gasteiger partial charge is 0.251 e. The average Bonchev–Trinajstić information content (AvgIpc) is 2.64. The molecule has 1 aromatic heterocycles. The summed E-state index contributed by atoms with van der Waals surface area (Å²) in [6.45, 7) is 6.06. The van der Waals surface area contributed by atoms with E-state index in [1.165, 1.54) is 0 Å². The van der Waals surface area contributed by atoms with Crippen LogP contribution in [0, 0.1) is 20.8 Å². The van der Waals surface area contributed by atoms with Gasteiger partial charge in [0.25, 0.3) is 5.91 Å². The Balaban J connectivity index is 1.53. The molecular formula is C22H31N5O. The van der Waals surface area contributed by atoms with Gasteiger partial charge in [0, 0.05) is 43.5 Å². The Morgan fingerprint density at radius 3 is 2.21 bits per heavy atom. The van der Waals surface area contributed by atoms with Crippen LogP contribution in [0.1, 0.15) is 52.7 Å². The topological polar surface area (TPSA) is 70.2 Å². The van der Waals surface area contributed by atoms with Crippen molar-refractivity contribution in [3.63, 3.8) is 0 Å². The summed E-state index contributed by atoms with van der Waals surface area (Å²) in [5, 5.41) is 6.66. The first-order valence-electron chi connectivity index (χ1n) is 9.98. The highest BCUT2D eigenvalue weighted by Crippen LogP contribution is 2.23. The van der Waals surface area contributed by atoms with Gasteiger partial charge in [0.2, 0.25) is 5.95 Å². The second kappa shape index (κ2) is 8.59. The summed E-state index contributed by atoms with van der Waals surface area (Å²) in [6.07, 6.45) is 5.76. The predicted molar refractivity (Wildman–Crippen MR) is 114 cm³/mol. The van der Waals surface area contributed by atoms with Crippen molar-refractivity contribution in [2.75, 3.05) is 24.3 Å². The molecule has 0 saturated heterocycles. The van der Waals surface area contributed by atoms with Gasteiger partial charge in [-0.15, -0.1) is 0 Å². The van der Waals surface area contributed by atoms with Crippen LogP contribution in [0.3, 0.4) is 0 Å². The quantitative estimate of drug-likeness (QED) is 0.828. The van der Waals surface area contributed by atoms with E-state index in [0.29, 0.717) is 12.0 Å². The van der Waals surface area contributed by atoms with E-state index in [0.717, 1.165) is 53.8 Å². The molecule has 1 saturated carbocycles. The van der Waals surface area contributed by atoms with Crippen LogP contribution in [0.25, 0.3) is 0 Å². The number of aryl methyl sites for hydroxylation is 3. The van der Waals surface area contributed by atoms with Gasteiger partial charge in [0.1, 0.15) is 5.82 Å². The van der Waals surface area contributed by atoms with Crippen molar-refractivity contribution in [2.24, 2.45) is 0 Å². The molecule has 1 fully saturated rings. The summed E-state index contributed by atoms with van der Waals surface area (Å²) in [7, 11) is 3.98. The van der Waals surface area contributed by atoms with Crippen molar-refractivity contribution >= 4 is 17.7 Å². The molecule has 150 valence electrons. The number of carbonyl (C=O) groups excluding carboxylic acids is 1. The van der Waals surface area contributed by atoms with Crippen molar-refractivity contribution in [3.05, 3.63) is 46.6 Å². The molecule has 2 N–H and O–H groups in total. The van der Waals surface area contributed by atoms with E-state index in [1.54, 1.807) is 0 Å². The Morgan fingerprint density at radius 1 is 1.00 bits per heavy atom. The summed E-state index contributed by atoms with van der Waals surface area (Å²) in [5.74, 6) is 1.64. The molecule has 1 aliphatic carbocycles. The molecule has 1 amide bonds. The SMILES string of the molecule is Cc1cc(C)cc(C(=O)N[C@H]2CC[C@@H](Nc3ncc(C)c(N(C)C)n3)CC2)c1. The Labute approximate surface area is 167 Å². The zero-order valence-corrected chi connectivity index (χ0v) is 17.5. The van der Waals surface area contributed by atoms with Crippen LogP contribution in [0.2, 0.25) is 0 Å². The number of hydrogen-bond donors (Lipinski definition) is 2. The van der Waals surface area contributed by atoms with E-state index < -0.39 is 0 Å². The van der Waals surface area contributed by atoms with Crippen LogP contribution in [-0.4, -0.2) is 42.1 Å². The maximum Gasteiger partial charge on any atom is 0.251 e. The van der Waals surface area contributed by atoms with Crippen LogP contribution < -0.4 is 15.5 Å². The molecule has 0 atom stereocenters. The number of rotatable bonds is 5. The third-order valence-corrected chi connectivity index (χ3v) is 5.25. The highest BCUT2D eigenvalue weighted by Gasteiger charge is 2.23. The Morgan fingerprint density at radius 2 is 1.61 bits per heavy atom. The second-order valence-electron chi connectivity index (χ2n) is 8.14. The number of nitrogens with one attached hydrogen (secondary N) is 2. The molecule has 0 radical (unpaired) electrons. The number of amides is 1. The lowest BCUT2D eigenvalue weighted by molar-refractivity contribution is 0.0926. The standard InChI is InChI=1S/C22H31N5O/c1-14-10-15(2)12-17(11-14)21(28)24-18-6-8-19(9-7-18)25-22-23-13-16(3)20(26-22)27(4)5/h10-13,18-19H,6-9H2,1-5H3,(H,24,28)(H,23,25,26)/t18-,19+. The first-order valence-corrected chi connectivity index (χ1v) is 9.98. The van der Waals surface area contributed by atoms with E-state index in [2.05, 4.69) is 26.7 Å². The number of carbonyl (C=O) groups is 1. The molecule has 6 heteroatoms. The number of aromatic nitrogens is 2. The number of anilines is 2. The second-order valence-corrected chi connectivity index (χ2v) is 8.14. The highest BCUT2D eigenvalue weighted by atomic mass is 16.1. The van der Waals surface area contributed by atoms with Crippen molar-refractivity contribution in [1.29, 1.82) is 0 Å². The van der Waals surface area contributed by atoms with Gasteiger partial charge in [0.05, 0.1) is 0 Å². The fraction of sp³-hybridized carbons (Fsp3) is 0.500. The van der Waals surface area contributed by atoms with E-state index in [4.69, 9.17) is 0 Å². The zero-order chi connectivity index (χ0) is 20.3. The van der Waals surface area contributed by atoms with Crippen LogP contribution in [0.4, 0.5) is 11.8 Å². The lowest BCUT2D eigenvalue weighted by Gasteiger charge is -2.30. The van der Waals surface area contributed by atoms with E-state index in [9.17, 15) is 4.79 Å². The summed E-state index contributed by atoms with van der Waals surface area (Å²) in [6, 6.07) is 6.55.